The molecule has 0 atom stereocenters. The number of nitro benzene ring substituents is 1. The molecule has 0 aliphatic heterocycles. The van der Waals surface area contributed by atoms with Gasteiger partial charge in [0.05, 0.1) is 36.8 Å². The molecule has 0 radical (unpaired) electrons. The van der Waals surface area contributed by atoms with Crippen LogP contribution in [0.1, 0.15) is 5.56 Å². The summed E-state index contributed by atoms with van der Waals surface area (Å²) >= 11 is 1.40. The summed E-state index contributed by atoms with van der Waals surface area (Å²) < 4.78 is 15.9. The van der Waals surface area contributed by atoms with Gasteiger partial charge in [0.25, 0.3) is 5.69 Å². The molecule has 0 saturated heterocycles. The van der Waals surface area contributed by atoms with Crippen molar-refractivity contribution in [2.75, 3.05) is 21.3 Å². The Morgan fingerprint density at radius 1 is 0.882 bits per heavy atom. The minimum Gasteiger partial charge on any atom is -0.497 e. The Labute approximate surface area is 200 Å². The van der Waals surface area contributed by atoms with E-state index in [9.17, 15) is 10.1 Å². The summed E-state index contributed by atoms with van der Waals surface area (Å²) in [7, 11) is 4.79. The Hall–Kier alpha value is -4.24. The van der Waals surface area contributed by atoms with Gasteiger partial charge in [0.15, 0.2) is 0 Å². The molecule has 0 aliphatic carbocycles. The maximum atomic E-state index is 11.1. The third kappa shape index (κ3) is 4.89. The molecule has 0 fully saturated rings. The van der Waals surface area contributed by atoms with Crippen LogP contribution in [0.2, 0.25) is 0 Å². The Bertz CT molecular complexity index is 1330. The van der Waals surface area contributed by atoms with E-state index in [1.807, 2.05) is 36.4 Å². The first-order valence-corrected chi connectivity index (χ1v) is 11.0. The van der Waals surface area contributed by atoms with Crippen molar-refractivity contribution in [1.29, 1.82) is 0 Å². The molecule has 9 heteroatoms. The number of ether oxygens (including phenoxy) is 3. The van der Waals surface area contributed by atoms with Gasteiger partial charge in [-0.05, 0) is 54.1 Å². The highest BCUT2D eigenvalue weighted by molar-refractivity contribution is 7.19. The molecule has 1 aromatic heterocycles. The largest absolute Gasteiger partial charge is 0.497 e. The molecule has 172 valence electrons. The van der Waals surface area contributed by atoms with E-state index in [4.69, 9.17) is 19.2 Å². The van der Waals surface area contributed by atoms with Gasteiger partial charge in [-0.2, -0.15) is 0 Å². The number of nitro groups is 1. The molecule has 4 rings (SSSR count). The highest BCUT2D eigenvalue weighted by Crippen LogP contribution is 2.41. The first-order valence-electron chi connectivity index (χ1n) is 10.2. The fraction of sp³-hybridized carbons (Fsp3) is 0.120. The van der Waals surface area contributed by atoms with Gasteiger partial charge in [0, 0.05) is 35.5 Å². The quantitative estimate of drug-likeness (QED) is 0.172. The molecular weight excluding hydrogens is 454 g/mol. The van der Waals surface area contributed by atoms with Crippen molar-refractivity contribution in [3.05, 3.63) is 82.4 Å². The zero-order chi connectivity index (χ0) is 24.1. The van der Waals surface area contributed by atoms with Crippen LogP contribution in [-0.4, -0.2) is 37.5 Å². The van der Waals surface area contributed by atoms with Crippen LogP contribution in [0.5, 0.6) is 17.2 Å². The van der Waals surface area contributed by atoms with Crippen LogP contribution in [0.25, 0.3) is 21.7 Å². The lowest BCUT2D eigenvalue weighted by atomic mass is 10.1. The molecule has 0 spiro atoms. The molecule has 0 aliphatic rings. The molecule has 34 heavy (non-hydrogen) atoms. The molecule has 3 aromatic carbocycles. The van der Waals surface area contributed by atoms with Crippen molar-refractivity contribution in [2.24, 2.45) is 4.99 Å². The maximum absolute atomic E-state index is 11.1. The lowest BCUT2D eigenvalue weighted by molar-refractivity contribution is -0.384. The van der Waals surface area contributed by atoms with Crippen LogP contribution >= 0.6 is 11.3 Å². The van der Waals surface area contributed by atoms with Crippen molar-refractivity contribution in [3.63, 3.8) is 0 Å². The number of methoxy groups -OCH3 is 3. The third-order valence-electron chi connectivity index (χ3n) is 5.07. The fourth-order valence-electron chi connectivity index (χ4n) is 3.29. The second-order valence-corrected chi connectivity index (χ2v) is 8.05. The van der Waals surface area contributed by atoms with E-state index in [-0.39, 0.29) is 5.69 Å². The molecule has 1 heterocycles. The van der Waals surface area contributed by atoms with Crippen molar-refractivity contribution in [2.45, 2.75) is 0 Å². The highest BCUT2D eigenvalue weighted by atomic mass is 32.1. The van der Waals surface area contributed by atoms with Gasteiger partial charge in [-0.3, -0.25) is 10.1 Å². The number of rotatable bonds is 8. The molecule has 0 saturated carbocycles. The van der Waals surface area contributed by atoms with Crippen LogP contribution < -0.4 is 14.2 Å². The van der Waals surface area contributed by atoms with E-state index in [1.165, 1.54) is 23.5 Å². The smallest absolute Gasteiger partial charge is 0.269 e. The van der Waals surface area contributed by atoms with Gasteiger partial charge in [-0.15, -0.1) is 0 Å². The van der Waals surface area contributed by atoms with Gasteiger partial charge in [0.1, 0.15) is 17.2 Å². The number of thiazole rings is 1. The number of benzene rings is 3. The zero-order valence-corrected chi connectivity index (χ0v) is 19.5. The summed E-state index contributed by atoms with van der Waals surface area (Å²) in [5.41, 5.74) is 3.24. The number of nitrogens with zero attached hydrogens (tertiary/aromatic N) is 3. The summed E-state index contributed by atoms with van der Waals surface area (Å²) in [6.07, 6.45) is 1.69. The molecule has 0 bridgehead atoms. The van der Waals surface area contributed by atoms with Crippen LogP contribution in [0.4, 0.5) is 10.8 Å². The Balaban J connectivity index is 1.75. The van der Waals surface area contributed by atoms with Crippen LogP contribution in [0.15, 0.2) is 71.7 Å². The standard InChI is InChI=1S/C25H21N3O5S/c1-31-20-11-6-16(7-12-20)23-24(17-4-9-19(10-5-17)28(29)30)34-25(27-23)26-15-18-8-13-21(32-2)14-22(18)33-3/h4-15H,1-3H3. The molecule has 0 amide bonds. The van der Waals surface area contributed by atoms with E-state index in [1.54, 1.807) is 45.7 Å². The van der Waals surface area contributed by atoms with Crippen molar-refractivity contribution in [3.8, 4) is 38.9 Å². The Morgan fingerprint density at radius 3 is 2.15 bits per heavy atom. The van der Waals surface area contributed by atoms with E-state index < -0.39 is 4.92 Å². The predicted molar refractivity (Wildman–Crippen MR) is 133 cm³/mol. The normalized spacial score (nSPS) is 10.9. The molecule has 8 nitrogen and oxygen atoms in total. The molecule has 0 unspecified atom stereocenters. The van der Waals surface area contributed by atoms with Crippen LogP contribution in [-0.2, 0) is 0 Å². The van der Waals surface area contributed by atoms with Crippen molar-refractivity contribution >= 4 is 28.4 Å². The van der Waals surface area contributed by atoms with E-state index >= 15 is 0 Å². The van der Waals surface area contributed by atoms with Crippen molar-refractivity contribution in [1.82, 2.24) is 4.98 Å². The van der Waals surface area contributed by atoms with Gasteiger partial charge in [-0.25, -0.2) is 9.98 Å². The summed E-state index contributed by atoms with van der Waals surface area (Å²) in [5, 5.41) is 11.6. The average Bonchev–Trinajstić information content (AvgIpc) is 3.31. The summed E-state index contributed by atoms with van der Waals surface area (Å²) in [6, 6.07) is 19.4. The molecule has 4 aromatic rings. The van der Waals surface area contributed by atoms with E-state index in [0.717, 1.165) is 33.0 Å². The van der Waals surface area contributed by atoms with E-state index in [0.29, 0.717) is 16.6 Å². The highest BCUT2D eigenvalue weighted by Gasteiger charge is 2.16. The first kappa shape index (κ1) is 22.9. The number of hydrogen-bond donors (Lipinski definition) is 0. The summed E-state index contributed by atoms with van der Waals surface area (Å²) in [6.45, 7) is 0. The Kier molecular flexibility index (Phi) is 6.84. The van der Waals surface area contributed by atoms with Gasteiger partial charge >= 0.3 is 0 Å². The van der Waals surface area contributed by atoms with Gasteiger partial charge in [-0.1, -0.05) is 11.3 Å². The fourth-order valence-corrected chi connectivity index (χ4v) is 4.23. The monoisotopic (exact) mass is 475 g/mol. The lowest BCUT2D eigenvalue weighted by Gasteiger charge is -2.06. The minimum atomic E-state index is -0.418. The number of hydrogen-bond acceptors (Lipinski definition) is 8. The lowest BCUT2D eigenvalue weighted by Crippen LogP contribution is -1.92. The average molecular weight is 476 g/mol. The van der Waals surface area contributed by atoms with Crippen LogP contribution in [0, 0.1) is 10.1 Å². The number of aliphatic imine (C=N–C) groups is 1. The van der Waals surface area contributed by atoms with Crippen LogP contribution in [0.3, 0.4) is 0 Å². The number of non-ortho nitro benzene ring substituents is 1. The summed E-state index contributed by atoms with van der Waals surface area (Å²) in [4.78, 5) is 20.8. The van der Waals surface area contributed by atoms with Crippen molar-refractivity contribution < 1.29 is 19.1 Å². The molecule has 0 N–H and O–H groups in total. The second-order valence-electron chi connectivity index (χ2n) is 7.07. The predicted octanol–water partition coefficient (Wildman–Crippen LogP) is 6.16. The van der Waals surface area contributed by atoms with Gasteiger partial charge < -0.3 is 14.2 Å². The first-order chi connectivity index (χ1) is 16.5. The van der Waals surface area contributed by atoms with Gasteiger partial charge in [0.2, 0.25) is 5.13 Å². The topological polar surface area (TPSA) is 96.1 Å². The molecular formula is C25H21N3O5S. The maximum Gasteiger partial charge on any atom is 0.269 e. The SMILES string of the molecule is COc1ccc(-c2nc(N=Cc3ccc(OC)cc3OC)sc2-c2ccc([N+](=O)[O-])cc2)cc1. The summed E-state index contributed by atoms with van der Waals surface area (Å²) in [5.74, 6) is 2.05. The second kappa shape index (κ2) is 10.1. The zero-order valence-electron chi connectivity index (χ0n) is 18.7. The number of aromatic nitrogens is 1. The minimum absolute atomic E-state index is 0.0316. The third-order valence-corrected chi connectivity index (χ3v) is 6.09. The Morgan fingerprint density at radius 2 is 1.53 bits per heavy atom. The van der Waals surface area contributed by atoms with E-state index in [2.05, 4.69) is 4.99 Å².